The van der Waals surface area contributed by atoms with Gasteiger partial charge in [0.2, 0.25) is 0 Å². The Bertz CT molecular complexity index is 1110. The molecular formula is C19H13Cl2F3N4. The summed E-state index contributed by atoms with van der Waals surface area (Å²) in [6.07, 6.45) is -1.06. The molecule has 1 aromatic heterocycles. The van der Waals surface area contributed by atoms with Crippen LogP contribution in [0.3, 0.4) is 0 Å². The minimum absolute atomic E-state index is 0.385. The summed E-state index contributed by atoms with van der Waals surface area (Å²) in [4.78, 5) is 10.6. The van der Waals surface area contributed by atoms with Crippen molar-refractivity contribution >= 4 is 52.0 Å². The van der Waals surface area contributed by atoms with Crippen molar-refractivity contribution < 1.29 is 13.2 Å². The SMILES string of the molecule is Cc1nc2cc(Cl)c(Cl)cc2n1C1=CN=CCN1c1ccc(C(F)(F)F)cc1. The van der Waals surface area contributed by atoms with E-state index in [1.54, 1.807) is 24.5 Å². The molecule has 0 unspecified atom stereocenters. The first-order valence-corrected chi connectivity index (χ1v) is 9.02. The molecule has 144 valence electrons. The van der Waals surface area contributed by atoms with E-state index in [2.05, 4.69) is 9.98 Å². The van der Waals surface area contributed by atoms with Crippen molar-refractivity contribution in [1.29, 1.82) is 0 Å². The molecule has 0 spiro atoms. The van der Waals surface area contributed by atoms with E-state index >= 15 is 0 Å². The molecule has 1 aliphatic heterocycles. The zero-order chi connectivity index (χ0) is 20.1. The van der Waals surface area contributed by atoms with Gasteiger partial charge in [-0.05, 0) is 43.3 Å². The highest BCUT2D eigenvalue weighted by Crippen LogP contribution is 2.34. The molecule has 0 bridgehead atoms. The molecule has 0 aliphatic carbocycles. The Morgan fingerprint density at radius 3 is 2.39 bits per heavy atom. The van der Waals surface area contributed by atoms with Gasteiger partial charge < -0.3 is 4.90 Å². The van der Waals surface area contributed by atoms with Gasteiger partial charge in [-0.25, -0.2) is 4.98 Å². The molecule has 0 amide bonds. The zero-order valence-electron chi connectivity index (χ0n) is 14.5. The second kappa shape index (κ2) is 6.83. The molecular weight excluding hydrogens is 412 g/mol. The monoisotopic (exact) mass is 424 g/mol. The van der Waals surface area contributed by atoms with E-state index in [1.807, 2.05) is 16.4 Å². The van der Waals surface area contributed by atoms with Crippen LogP contribution in [0.2, 0.25) is 10.0 Å². The van der Waals surface area contributed by atoms with Crippen LogP contribution in [0.4, 0.5) is 18.9 Å². The lowest BCUT2D eigenvalue weighted by atomic mass is 10.2. The summed E-state index contributed by atoms with van der Waals surface area (Å²) in [5, 5.41) is 0.783. The van der Waals surface area contributed by atoms with Gasteiger partial charge in [0.15, 0.2) is 0 Å². The average Bonchev–Trinajstić information content (AvgIpc) is 2.96. The first-order chi connectivity index (χ1) is 13.3. The maximum absolute atomic E-state index is 12.9. The van der Waals surface area contributed by atoms with E-state index < -0.39 is 11.7 Å². The van der Waals surface area contributed by atoms with Crippen LogP contribution in [0.1, 0.15) is 11.4 Å². The molecule has 0 N–H and O–H groups in total. The quantitative estimate of drug-likeness (QED) is 0.503. The number of nitrogens with zero attached hydrogens (tertiary/aromatic N) is 4. The van der Waals surface area contributed by atoms with Crippen molar-refractivity contribution in [3.63, 3.8) is 0 Å². The Labute approximate surface area is 168 Å². The number of aromatic nitrogens is 2. The number of aryl methyl sites for hydroxylation is 1. The van der Waals surface area contributed by atoms with Crippen molar-refractivity contribution in [1.82, 2.24) is 9.55 Å². The maximum atomic E-state index is 12.9. The van der Waals surface area contributed by atoms with Crippen LogP contribution < -0.4 is 4.90 Å². The lowest BCUT2D eigenvalue weighted by Crippen LogP contribution is -2.29. The van der Waals surface area contributed by atoms with Crippen molar-refractivity contribution in [2.24, 2.45) is 4.99 Å². The fraction of sp³-hybridized carbons (Fsp3) is 0.158. The van der Waals surface area contributed by atoms with Crippen LogP contribution in [-0.4, -0.2) is 22.3 Å². The number of fused-ring (bicyclic) bond motifs is 1. The molecule has 2 aromatic carbocycles. The number of imidazole rings is 1. The van der Waals surface area contributed by atoms with Crippen LogP contribution in [0.15, 0.2) is 47.6 Å². The van der Waals surface area contributed by atoms with Crippen molar-refractivity contribution in [3.8, 4) is 0 Å². The fourth-order valence-corrected chi connectivity index (χ4v) is 3.46. The molecule has 2 heterocycles. The topological polar surface area (TPSA) is 33.4 Å². The highest BCUT2D eigenvalue weighted by molar-refractivity contribution is 6.42. The number of anilines is 1. The third kappa shape index (κ3) is 3.25. The van der Waals surface area contributed by atoms with Crippen LogP contribution in [0.5, 0.6) is 0 Å². The molecule has 9 heteroatoms. The number of halogens is 5. The van der Waals surface area contributed by atoms with E-state index in [0.29, 0.717) is 39.4 Å². The smallest absolute Gasteiger partial charge is 0.321 e. The van der Waals surface area contributed by atoms with Crippen LogP contribution in [0.25, 0.3) is 16.9 Å². The number of benzene rings is 2. The Kier molecular flexibility index (Phi) is 4.59. The second-order valence-electron chi connectivity index (χ2n) is 6.22. The van der Waals surface area contributed by atoms with Gasteiger partial charge in [0, 0.05) is 11.9 Å². The van der Waals surface area contributed by atoms with E-state index in [9.17, 15) is 13.2 Å². The second-order valence-corrected chi connectivity index (χ2v) is 7.04. The molecule has 0 fully saturated rings. The summed E-state index contributed by atoms with van der Waals surface area (Å²) < 4.78 is 40.5. The van der Waals surface area contributed by atoms with E-state index in [4.69, 9.17) is 23.2 Å². The lowest BCUT2D eigenvalue weighted by Gasteiger charge is -2.29. The van der Waals surface area contributed by atoms with Gasteiger partial charge in [0.05, 0.1) is 39.4 Å². The highest BCUT2D eigenvalue weighted by Gasteiger charge is 2.30. The largest absolute Gasteiger partial charge is 0.416 e. The van der Waals surface area contributed by atoms with Crippen molar-refractivity contribution in [2.75, 3.05) is 11.4 Å². The van der Waals surface area contributed by atoms with Crippen LogP contribution >= 0.6 is 23.2 Å². The zero-order valence-corrected chi connectivity index (χ0v) is 16.0. The van der Waals surface area contributed by atoms with E-state index in [1.165, 1.54) is 12.1 Å². The number of alkyl halides is 3. The summed E-state index contributed by atoms with van der Waals surface area (Å²) in [6, 6.07) is 8.39. The van der Waals surface area contributed by atoms with Crippen molar-refractivity contribution in [3.05, 3.63) is 64.0 Å². The van der Waals surface area contributed by atoms with E-state index in [-0.39, 0.29) is 0 Å². The normalized spacial score (nSPS) is 14.6. The molecule has 28 heavy (non-hydrogen) atoms. The summed E-state index contributed by atoms with van der Waals surface area (Å²) in [5.41, 5.74) is 1.30. The third-order valence-corrected chi connectivity index (χ3v) is 5.16. The number of hydrogen-bond donors (Lipinski definition) is 0. The van der Waals surface area contributed by atoms with Gasteiger partial charge in [-0.1, -0.05) is 23.2 Å². The van der Waals surface area contributed by atoms with Gasteiger partial charge in [-0.3, -0.25) is 9.56 Å². The third-order valence-electron chi connectivity index (χ3n) is 4.44. The highest BCUT2D eigenvalue weighted by atomic mass is 35.5. The molecule has 0 atom stereocenters. The summed E-state index contributed by atoms with van der Waals surface area (Å²) >= 11 is 12.3. The van der Waals surface area contributed by atoms with Gasteiger partial charge >= 0.3 is 6.18 Å². The van der Waals surface area contributed by atoms with Gasteiger partial charge in [-0.2, -0.15) is 13.2 Å². The predicted octanol–water partition coefficient (Wildman–Crippen LogP) is 6.02. The Morgan fingerprint density at radius 2 is 1.71 bits per heavy atom. The Balaban J connectivity index is 1.81. The first-order valence-electron chi connectivity index (χ1n) is 8.27. The minimum Gasteiger partial charge on any atom is -0.321 e. The Hall–Kier alpha value is -2.51. The molecule has 4 rings (SSSR count). The minimum atomic E-state index is -4.38. The number of hydrogen-bond acceptors (Lipinski definition) is 3. The Morgan fingerprint density at radius 1 is 1.04 bits per heavy atom. The van der Waals surface area contributed by atoms with Gasteiger partial charge in [0.25, 0.3) is 0 Å². The molecule has 4 nitrogen and oxygen atoms in total. The van der Waals surface area contributed by atoms with Crippen LogP contribution in [-0.2, 0) is 6.18 Å². The lowest BCUT2D eigenvalue weighted by molar-refractivity contribution is -0.137. The average molecular weight is 425 g/mol. The number of rotatable bonds is 2. The first kappa shape index (κ1) is 18.8. The molecule has 3 aromatic rings. The van der Waals surface area contributed by atoms with Gasteiger partial charge in [0.1, 0.15) is 11.6 Å². The summed E-state index contributed by atoms with van der Waals surface area (Å²) in [7, 11) is 0. The standard InChI is InChI=1S/C19H13Cl2F3N4/c1-11-26-16-8-14(20)15(21)9-17(16)28(11)18-10-25-6-7-27(18)13-4-2-12(3-5-13)19(22,23)24/h2-6,8-10H,7H2,1H3. The summed E-state index contributed by atoms with van der Waals surface area (Å²) in [5.74, 6) is 1.33. The molecule has 1 aliphatic rings. The van der Waals surface area contributed by atoms with Gasteiger partial charge in [-0.15, -0.1) is 0 Å². The number of aliphatic imine (C=N–C) groups is 1. The molecule has 0 saturated heterocycles. The summed E-state index contributed by atoms with van der Waals surface area (Å²) in [6.45, 7) is 2.23. The van der Waals surface area contributed by atoms with Crippen LogP contribution in [0, 0.1) is 6.92 Å². The molecule has 0 saturated carbocycles. The fourth-order valence-electron chi connectivity index (χ4n) is 3.14. The predicted molar refractivity (Wildman–Crippen MR) is 106 cm³/mol. The maximum Gasteiger partial charge on any atom is 0.416 e. The van der Waals surface area contributed by atoms with Crippen molar-refractivity contribution in [2.45, 2.75) is 13.1 Å². The molecule has 0 radical (unpaired) electrons. The van der Waals surface area contributed by atoms with E-state index in [0.717, 1.165) is 17.6 Å².